The molecule has 1 heterocycles. The van der Waals surface area contributed by atoms with E-state index in [9.17, 15) is 4.79 Å². The number of amides is 1. The van der Waals surface area contributed by atoms with Gasteiger partial charge < -0.3 is 11.1 Å². The highest BCUT2D eigenvalue weighted by Crippen LogP contribution is 1.88. The van der Waals surface area contributed by atoms with Crippen molar-refractivity contribution in [3.63, 3.8) is 0 Å². The van der Waals surface area contributed by atoms with Crippen LogP contribution < -0.4 is 11.1 Å². The minimum absolute atomic E-state index is 0.0445. The van der Waals surface area contributed by atoms with Crippen LogP contribution in [-0.4, -0.2) is 27.2 Å². The van der Waals surface area contributed by atoms with Crippen LogP contribution in [0.25, 0.3) is 0 Å². The first-order valence-corrected chi connectivity index (χ1v) is 5.11. The fourth-order valence-electron chi connectivity index (χ4n) is 1.11. The number of nitrogens with two attached hydrogens (primary N) is 1. The lowest BCUT2D eigenvalue weighted by atomic mass is 10.3. The molecule has 1 aromatic rings. The molecule has 1 amide bonds. The Morgan fingerprint density at radius 1 is 1.67 bits per heavy atom. The van der Waals surface area contributed by atoms with Crippen LogP contribution in [-0.2, 0) is 17.9 Å². The maximum Gasteiger partial charge on any atom is 0.241 e. The largest absolute Gasteiger partial charge is 0.354 e. The van der Waals surface area contributed by atoms with Crippen molar-refractivity contribution >= 4 is 5.91 Å². The number of aromatic nitrogens is 3. The lowest BCUT2D eigenvalue weighted by molar-refractivity contribution is -0.121. The first-order chi connectivity index (χ1) is 7.26. The quantitative estimate of drug-likeness (QED) is 0.630. The van der Waals surface area contributed by atoms with Gasteiger partial charge in [-0.2, -0.15) is 5.10 Å². The number of unbranched alkanes of at least 4 members (excludes halogenated alkanes) is 1. The van der Waals surface area contributed by atoms with Crippen LogP contribution in [0.4, 0.5) is 0 Å². The smallest absolute Gasteiger partial charge is 0.241 e. The summed E-state index contributed by atoms with van der Waals surface area (Å²) in [6.07, 6.45) is 3.58. The number of carbonyl (C=O) groups excluding carboxylic acids is 1. The minimum atomic E-state index is -0.0445. The van der Waals surface area contributed by atoms with Crippen LogP contribution in [0.5, 0.6) is 0 Å². The molecule has 0 spiro atoms. The van der Waals surface area contributed by atoms with Crippen LogP contribution in [0.3, 0.4) is 0 Å². The zero-order valence-electron chi connectivity index (χ0n) is 8.94. The van der Waals surface area contributed by atoms with E-state index in [2.05, 4.69) is 22.3 Å². The van der Waals surface area contributed by atoms with Gasteiger partial charge in [-0.3, -0.25) is 4.79 Å². The molecule has 0 atom stereocenters. The number of hydrogen-bond donors (Lipinski definition) is 2. The Hall–Kier alpha value is -1.43. The SMILES string of the molecule is CCCCNC(=O)Cn1cnc(CN)n1. The number of hydrogen-bond acceptors (Lipinski definition) is 4. The van der Waals surface area contributed by atoms with Gasteiger partial charge in [0.2, 0.25) is 5.91 Å². The molecule has 0 aliphatic heterocycles. The second kappa shape index (κ2) is 6.13. The van der Waals surface area contributed by atoms with Crippen molar-refractivity contribution in [3.8, 4) is 0 Å². The van der Waals surface area contributed by atoms with Gasteiger partial charge in [-0.05, 0) is 6.42 Å². The average molecular weight is 211 g/mol. The molecule has 1 aromatic heterocycles. The van der Waals surface area contributed by atoms with Gasteiger partial charge in [0, 0.05) is 6.54 Å². The van der Waals surface area contributed by atoms with Gasteiger partial charge in [-0.15, -0.1) is 0 Å². The summed E-state index contributed by atoms with van der Waals surface area (Å²) in [5, 5.41) is 6.82. The van der Waals surface area contributed by atoms with Crippen LogP contribution in [0, 0.1) is 0 Å². The molecule has 1 rings (SSSR count). The summed E-state index contributed by atoms with van der Waals surface area (Å²) >= 11 is 0. The summed E-state index contributed by atoms with van der Waals surface area (Å²) < 4.78 is 1.49. The summed E-state index contributed by atoms with van der Waals surface area (Å²) in [4.78, 5) is 15.3. The van der Waals surface area contributed by atoms with Gasteiger partial charge in [0.15, 0.2) is 5.82 Å². The molecule has 0 radical (unpaired) electrons. The van der Waals surface area contributed by atoms with Crippen molar-refractivity contribution in [2.75, 3.05) is 6.54 Å². The van der Waals surface area contributed by atoms with Crippen LogP contribution in [0.2, 0.25) is 0 Å². The fraction of sp³-hybridized carbons (Fsp3) is 0.667. The van der Waals surface area contributed by atoms with Crippen molar-refractivity contribution < 1.29 is 4.79 Å². The lowest BCUT2D eigenvalue weighted by Gasteiger charge is -2.03. The van der Waals surface area contributed by atoms with Crippen molar-refractivity contribution in [1.29, 1.82) is 0 Å². The molecule has 0 unspecified atom stereocenters. The first kappa shape index (κ1) is 11.6. The van der Waals surface area contributed by atoms with E-state index in [4.69, 9.17) is 5.73 Å². The summed E-state index contributed by atoms with van der Waals surface area (Å²) in [7, 11) is 0. The van der Waals surface area contributed by atoms with Gasteiger partial charge in [-0.1, -0.05) is 13.3 Å². The maximum atomic E-state index is 11.4. The molecule has 0 aromatic carbocycles. The van der Waals surface area contributed by atoms with E-state index in [0.29, 0.717) is 18.9 Å². The maximum absolute atomic E-state index is 11.4. The highest BCUT2D eigenvalue weighted by atomic mass is 16.2. The molecule has 0 saturated carbocycles. The van der Waals surface area contributed by atoms with E-state index < -0.39 is 0 Å². The van der Waals surface area contributed by atoms with E-state index in [1.165, 1.54) is 11.0 Å². The molecular weight excluding hydrogens is 194 g/mol. The third kappa shape index (κ3) is 4.07. The molecule has 15 heavy (non-hydrogen) atoms. The minimum Gasteiger partial charge on any atom is -0.354 e. The molecule has 0 bridgehead atoms. The number of nitrogens with one attached hydrogen (secondary N) is 1. The molecule has 0 saturated heterocycles. The van der Waals surface area contributed by atoms with Crippen LogP contribution in [0.1, 0.15) is 25.6 Å². The van der Waals surface area contributed by atoms with E-state index >= 15 is 0 Å². The lowest BCUT2D eigenvalue weighted by Crippen LogP contribution is -2.28. The Labute approximate surface area is 88.9 Å². The van der Waals surface area contributed by atoms with E-state index in [1.807, 2.05) is 0 Å². The molecular formula is C9H17N5O. The second-order valence-electron chi connectivity index (χ2n) is 3.27. The highest BCUT2D eigenvalue weighted by molar-refractivity contribution is 5.75. The van der Waals surface area contributed by atoms with Gasteiger partial charge in [-0.25, -0.2) is 9.67 Å². The van der Waals surface area contributed by atoms with Gasteiger partial charge in [0.1, 0.15) is 12.9 Å². The predicted octanol–water partition coefficient (Wildman–Crippen LogP) is -0.347. The second-order valence-corrected chi connectivity index (χ2v) is 3.27. The Bertz CT molecular complexity index is 309. The van der Waals surface area contributed by atoms with Gasteiger partial charge in [0.05, 0.1) is 6.54 Å². The zero-order valence-corrected chi connectivity index (χ0v) is 8.94. The third-order valence-electron chi connectivity index (χ3n) is 1.92. The average Bonchev–Trinajstić information content (AvgIpc) is 2.66. The Morgan fingerprint density at radius 2 is 2.47 bits per heavy atom. The van der Waals surface area contributed by atoms with Crippen molar-refractivity contribution in [3.05, 3.63) is 12.2 Å². The molecule has 0 fully saturated rings. The van der Waals surface area contributed by atoms with Gasteiger partial charge in [0.25, 0.3) is 0 Å². The van der Waals surface area contributed by atoms with Crippen molar-refractivity contribution in [2.45, 2.75) is 32.9 Å². The first-order valence-electron chi connectivity index (χ1n) is 5.11. The third-order valence-corrected chi connectivity index (χ3v) is 1.92. The van der Waals surface area contributed by atoms with E-state index in [1.54, 1.807) is 0 Å². The predicted molar refractivity (Wildman–Crippen MR) is 55.8 cm³/mol. The number of carbonyl (C=O) groups is 1. The van der Waals surface area contributed by atoms with Crippen LogP contribution in [0.15, 0.2) is 6.33 Å². The Balaban J connectivity index is 2.31. The fourth-order valence-corrected chi connectivity index (χ4v) is 1.11. The summed E-state index contributed by atoms with van der Waals surface area (Å²) in [5.41, 5.74) is 5.35. The summed E-state index contributed by atoms with van der Waals surface area (Å²) in [6, 6.07) is 0. The molecule has 84 valence electrons. The molecule has 6 nitrogen and oxygen atoms in total. The van der Waals surface area contributed by atoms with Crippen LogP contribution >= 0.6 is 0 Å². The molecule has 3 N–H and O–H groups in total. The summed E-state index contributed by atoms with van der Waals surface area (Å²) in [6.45, 7) is 3.30. The zero-order chi connectivity index (χ0) is 11.1. The number of nitrogens with zero attached hydrogens (tertiary/aromatic N) is 3. The highest BCUT2D eigenvalue weighted by Gasteiger charge is 2.03. The molecule has 0 aliphatic rings. The Kier molecular flexibility index (Phi) is 4.76. The standard InChI is InChI=1S/C9H17N5O/c1-2-3-4-11-9(15)6-14-7-12-8(5-10)13-14/h7H,2-6,10H2,1H3,(H,11,15). The van der Waals surface area contributed by atoms with Gasteiger partial charge >= 0.3 is 0 Å². The van der Waals surface area contributed by atoms with E-state index in [-0.39, 0.29) is 12.5 Å². The van der Waals surface area contributed by atoms with E-state index in [0.717, 1.165) is 12.8 Å². The Morgan fingerprint density at radius 3 is 3.07 bits per heavy atom. The summed E-state index contributed by atoms with van der Waals surface area (Å²) in [5.74, 6) is 0.508. The van der Waals surface area contributed by atoms with Crippen molar-refractivity contribution in [1.82, 2.24) is 20.1 Å². The normalized spacial score (nSPS) is 10.3. The van der Waals surface area contributed by atoms with Crippen molar-refractivity contribution in [2.24, 2.45) is 5.73 Å². The topological polar surface area (TPSA) is 85.8 Å². The molecule has 0 aliphatic carbocycles. The number of rotatable bonds is 6. The molecule has 6 heteroatoms. The monoisotopic (exact) mass is 211 g/mol.